The summed E-state index contributed by atoms with van der Waals surface area (Å²) in [6.07, 6.45) is 5.90. The summed E-state index contributed by atoms with van der Waals surface area (Å²) in [5.74, 6) is 0.170. The fraction of sp³-hybridized carbons (Fsp3) is 0.368. The van der Waals surface area contributed by atoms with Crippen LogP contribution in [0, 0.1) is 0 Å². The van der Waals surface area contributed by atoms with Gasteiger partial charge in [0.05, 0.1) is 11.1 Å². The molecule has 0 atom stereocenters. The summed E-state index contributed by atoms with van der Waals surface area (Å²) < 4.78 is 1.67. The van der Waals surface area contributed by atoms with Crippen molar-refractivity contribution in [2.75, 3.05) is 5.75 Å². The van der Waals surface area contributed by atoms with E-state index in [1.807, 2.05) is 6.92 Å². The van der Waals surface area contributed by atoms with Crippen molar-refractivity contribution in [2.45, 2.75) is 44.3 Å². The van der Waals surface area contributed by atoms with Gasteiger partial charge in [-0.3, -0.25) is 14.2 Å². The Morgan fingerprint density at radius 1 is 1.37 bits per heavy atom. The van der Waals surface area contributed by atoms with Crippen LogP contribution in [0.5, 0.6) is 0 Å². The maximum Gasteiger partial charge on any atom is 0.263 e. The normalized spacial score (nSPS) is 13.7. The van der Waals surface area contributed by atoms with E-state index in [9.17, 15) is 9.59 Å². The van der Waals surface area contributed by atoms with Gasteiger partial charge in [-0.2, -0.15) is 0 Å². The first-order valence-electron chi connectivity index (χ1n) is 8.79. The number of hydrogen-bond acceptors (Lipinski definition) is 7. The lowest BCUT2D eigenvalue weighted by Crippen LogP contribution is -2.24. The zero-order valence-electron chi connectivity index (χ0n) is 15.0. The van der Waals surface area contributed by atoms with Crippen LogP contribution in [0.1, 0.15) is 40.0 Å². The number of nitrogens with zero attached hydrogens (tertiary/aromatic N) is 3. The molecular formula is C19H19N3O2S3. The first kappa shape index (κ1) is 18.6. The second-order valence-corrected chi connectivity index (χ2v) is 9.60. The van der Waals surface area contributed by atoms with Crippen LogP contribution in [-0.2, 0) is 19.4 Å². The highest BCUT2D eigenvalue weighted by molar-refractivity contribution is 7.99. The number of thiazole rings is 1. The number of aryl methyl sites for hydroxylation is 2. The van der Waals surface area contributed by atoms with Gasteiger partial charge in [0.1, 0.15) is 4.83 Å². The van der Waals surface area contributed by atoms with Crippen molar-refractivity contribution >= 4 is 50.4 Å². The molecule has 0 saturated heterocycles. The molecule has 1 aliphatic carbocycles. The standard InChI is InChI=1S/C19H19N3O2S3/c1-11(2)9-22-18(24)15-12-5-3-4-6-14(12)27-17(15)21-19(22)26-10-13(23)16-20-7-8-25-16/h7-8H,1,3-6,9-10H2,2H3. The molecule has 0 aromatic carbocycles. The molecule has 8 heteroatoms. The maximum absolute atomic E-state index is 13.3. The number of Topliss-reactive ketones (excluding diaryl/α,β-unsaturated/α-hetero) is 1. The van der Waals surface area contributed by atoms with Crippen molar-refractivity contribution in [1.29, 1.82) is 0 Å². The van der Waals surface area contributed by atoms with Crippen LogP contribution >= 0.6 is 34.4 Å². The number of thioether (sulfide) groups is 1. The van der Waals surface area contributed by atoms with Gasteiger partial charge in [-0.25, -0.2) is 9.97 Å². The number of fused-ring (bicyclic) bond motifs is 3. The summed E-state index contributed by atoms with van der Waals surface area (Å²) in [4.78, 5) is 36.5. The van der Waals surface area contributed by atoms with Gasteiger partial charge in [-0.05, 0) is 38.2 Å². The molecule has 0 N–H and O–H groups in total. The molecule has 3 heterocycles. The van der Waals surface area contributed by atoms with Crippen LogP contribution in [0.3, 0.4) is 0 Å². The molecule has 0 saturated carbocycles. The van der Waals surface area contributed by atoms with Gasteiger partial charge in [0.2, 0.25) is 5.78 Å². The zero-order valence-corrected chi connectivity index (χ0v) is 17.4. The van der Waals surface area contributed by atoms with E-state index in [0.717, 1.165) is 35.1 Å². The Morgan fingerprint density at radius 3 is 2.93 bits per heavy atom. The third kappa shape index (κ3) is 3.66. The van der Waals surface area contributed by atoms with Crippen molar-refractivity contribution < 1.29 is 4.79 Å². The molecule has 0 radical (unpaired) electrons. The molecule has 1 aliphatic rings. The minimum Gasteiger partial charge on any atom is -0.291 e. The van der Waals surface area contributed by atoms with Crippen LogP contribution in [0.15, 0.2) is 33.7 Å². The molecule has 0 unspecified atom stereocenters. The molecule has 140 valence electrons. The van der Waals surface area contributed by atoms with Crippen LogP contribution in [-0.4, -0.2) is 26.1 Å². The van der Waals surface area contributed by atoms with E-state index in [1.165, 1.54) is 40.0 Å². The van der Waals surface area contributed by atoms with Gasteiger partial charge in [-0.1, -0.05) is 23.9 Å². The summed E-state index contributed by atoms with van der Waals surface area (Å²) in [6.45, 7) is 6.27. The minimum atomic E-state index is -0.0447. The lowest BCUT2D eigenvalue weighted by atomic mass is 9.97. The molecule has 0 bridgehead atoms. The molecule has 0 fully saturated rings. The van der Waals surface area contributed by atoms with E-state index in [2.05, 4.69) is 11.6 Å². The quantitative estimate of drug-likeness (QED) is 0.258. The topological polar surface area (TPSA) is 64.8 Å². The molecule has 0 aliphatic heterocycles. The van der Waals surface area contributed by atoms with Crippen molar-refractivity contribution in [1.82, 2.24) is 14.5 Å². The van der Waals surface area contributed by atoms with Gasteiger partial charge in [-0.15, -0.1) is 22.7 Å². The van der Waals surface area contributed by atoms with Gasteiger partial charge in [0.15, 0.2) is 10.2 Å². The van der Waals surface area contributed by atoms with Crippen molar-refractivity contribution in [3.63, 3.8) is 0 Å². The van der Waals surface area contributed by atoms with E-state index in [0.29, 0.717) is 16.7 Å². The van der Waals surface area contributed by atoms with Crippen molar-refractivity contribution in [2.24, 2.45) is 0 Å². The number of carbonyl (C=O) groups is 1. The first-order chi connectivity index (χ1) is 13.0. The zero-order chi connectivity index (χ0) is 19.0. The lowest BCUT2D eigenvalue weighted by molar-refractivity contribution is 0.102. The SMILES string of the molecule is C=C(C)Cn1c(SCC(=O)c2nccs2)nc2sc3c(c2c1=O)CCCC3. The van der Waals surface area contributed by atoms with E-state index in [1.54, 1.807) is 27.5 Å². The van der Waals surface area contributed by atoms with E-state index >= 15 is 0 Å². The van der Waals surface area contributed by atoms with Gasteiger partial charge < -0.3 is 0 Å². The van der Waals surface area contributed by atoms with E-state index in [4.69, 9.17) is 4.98 Å². The number of carbonyl (C=O) groups excluding carboxylic acids is 1. The predicted octanol–water partition coefficient (Wildman–Crippen LogP) is 4.34. The molecule has 3 aromatic heterocycles. The molecule has 0 spiro atoms. The smallest absolute Gasteiger partial charge is 0.263 e. The summed E-state index contributed by atoms with van der Waals surface area (Å²) in [5, 5.41) is 3.63. The molecule has 5 nitrogen and oxygen atoms in total. The molecular weight excluding hydrogens is 398 g/mol. The van der Waals surface area contributed by atoms with Gasteiger partial charge >= 0.3 is 0 Å². The third-order valence-electron chi connectivity index (χ3n) is 4.47. The van der Waals surface area contributed by atoms with Crippen LogP contribution in [0.25, 0.3) is 10.2 Å². The maximum atomic E-state index is 13.3. The number of rotatable bonds is 6. The van der Waals surface area contributed by atoms with E-state index < -0.39 is 0 Å². The second-order valence-electron chi connectivity index (χ2n) is 6.68. The fourth-order valence-corrected chi connectivity index (χ4v) is 6.13. The first-order valence-corrected chi connectivity index (χ1v) is 11.5. The second kappa shape index (κ2) is 7.69. The molecule has 27 heavy (non-hydrogen) atoms. The van der Waals surface area contributed by atoms with E-state index in [-0.39, 0.29) is 17.1 Å². The Hall–Kier alpha value is -1.77. The highest BCUT2D eigenvalue weighted by Gasteiger charge is 2.22. The average Bonchev–Trinajstić information content (AvgIpc) is 3.29. The highest BCUT2D eigenvalue weighted by atomic mass is 32.2. The highest BCUT2D eigenvalue weighted by Crippen LogP contribution is 2.34. The largest absolute Gasteiger partial charge is 0.291 e. The van der Waals surface area contributed by atoms with Gasteiger partial charge in [0, 0.05) is 23.0 Å². The van der Waals surface area contributed by atoms with Crippen molar-refractivity contribution in [3.8, 4) is 0 Å². The summed E-state index contributed by atoms with van der Waals surface area (Å²) in [7, 11) is 0. The van der Waals surface area contributed by atoms with Gasteiger partial charge in [0.25, 0.3) is 5.56 Å². The van der Waals surface area contributed by atoms with Crippen LogP contribution in [0.4, 0.5) is 0 Å². The number of hydrogen-bond donors (Lipinski definition) is 0. The Labute approximate surface area is 169 Å². The Morgan fingerprint density at radius 2 is 2.19 bits per heavy atom. The Bertz CT molecular complexity index is 1080. The molecule has 0 amide bonds. The predicted molar refractivity (Wildman–Crippen MR) is 113 cm³/mol. The number of ketones is 1. The Balaban J connectivity index is 1.75. The number of thiophene rings is 1. The third-order valence-corrected chi connectivity index (χ3v) is 7.45. The Kier molecular flexibility index (Phi) is 5.29. The fourth-order valence-electron chi connectivity index (χ4n) is 3.29. The summed E-state index contributed by atoms with van der Waals surface area (Å²) >= 11 is 4.27. The summed E-state index contributed by atoms with van der Waals surface area (Å²) in [5.41, 5.74) is 2.06. The number of allylic oxidation sites excluding steroid dienone is 1. The average molecular weight is 418 g/mol. The minimum absolute atomic E-state index is 0.00778. The molecule has 4 rings (SSSR count). The molecule has 3 aromatic rings. The van der Waals surface area contributed by atoms with Crippen LogP contribution in [0.2, 0.25) is 0 Å². The van der Waals surface area contributed by atoms with Crippen LogP contribution < -0.4 is 5.56 Å². The number of aromatic nitrogens is 3. The summed E-state index contributed by atoms with van der Waals surface area (Å²) in [6, 6.07) is 0. The monoisotopic (exact) mass is 417 g/mol. The lowest BCUT2D eigenvalue weighted by Gasteiger charge is -2.13. The van der Waals surface area contributed by atoms with Crippen molar-refractivity contribution in [3.05, 3.63) is 49.5 Å².